The van der Waals surface area contributed by atoms with Gasteiger partial charge in [0.05, 0.1) is 0 Å². The molecule has 1 unspecified atom stereocenters. The topological polar surface area (TPSA) is 0 Å². The van der Waals surface area contributed by atoms with Crippen molar-refractivity contribution in [3.8, 4) is 0 Å². The number of alkyl halides is 1. The van der Waals surface area contributed by atoms with E-state index in [1.807, 2.05) is 12.1 Å². The third-order valence-electron chi connectivity index (χ3n) is 2.47. The standard InChI is InChI=1S/C13H17BrCl2/c1-9(2)7-12(15)6-4-10-3-5-11(14)8-13(10)16/h3,5,8-9,12H,4,6-7H2,1-2H3. The van der Waals surface area contributed by atoms with E-state index in [1.165, 1.54) is 5.56 Å². The maximum Gasteiger partial charge on any atom is 0.0449 e. The van der Waals surface area contributed by atoms with Gasteiger partial charge in [0.2, 0.25) is 0 Å². The largest absolute Gasteiger partial charge is 0.123 e. The third kappa shape index (κ3) is 5.07. The van der Waals surface area contributed by atoms with Gasteiger partial charge in [-0.15, -0.1) is 11.6 Å². The Morgan fingerprint density at radius 2 is 2.00 bits per heavy atom. The van der Waals surface area contributed by atoms with Crippen LogP contribution in [0.25, 0.3) is 0 Å². The van der Waals surface area contributed by atoms with Gasteiger partial charge in [-0.05, 0) is 42.9 Å². The number of rotatable bonds is 5. The average molecular weight is 324 g/mol. The molecule has 1 rings (SSSR count). The highest BCUT2D eigenvalue weighted by atomic mass is 79.9. The normalized spacial score (nSPS) is 13.1. The van der Waals surface area contributed by atoms with Crippen molar-refractivity contribution < 1.29 is 0 Å². The fourth-order valence-corrected chi connectivity index (χ4v) is 2.90. The van der Waals surface area contributed by atoms with E-state index in [1.54, 1.807) is 0 Å². The number of halogens is 3. The smallest absolute Gasteiger partial charge is 0.0449 e. The Balaban J connectivity index is 2.48. The van der Waals surface area contributed by atoms with Crippen LogP contribution in [0.5, 0.6) is 0 Å². The lowest BCUT2D eigenvalue weighted by atomic mass is 10.0. The molecular formula is C13H17BrCl2. The summed E-state index contributed by atoms with van der Waals surface area (Å²) < 4.78 is 1.02. The molecule has 1 aromatic rings. The lowest BCUT2D eigenvalue weighted by Crippen LogP contribution is -2.05. The summed E-state index contributed by atoms with van der Waals surface area (Å²) in [5.41, 5.74) is 1.18. The van der Waals surface area contributed by atoms with Crippen molar-refractivity contribution in [3.05, 3.63) is 33.3 Å². The molecule has 0 amide bonds. The molecule has 0 heterocycles. The first kappa shape index (κ1) is 14.3. The summed E-state index contributed by atoms with van der Waals surface area (Å²) in [6.45, 7) is 4.39. The zero-order chi connectivity index (χ0) is 12.1. The maximum atomic E-state index is 6.26. The number of hydrogen-bond acceptors (Lipinski definition) is 0. The van der Waals surface area contributed by atoms with Crippen LogP contribution < -0.4 is 0 Å². The Kier molecular flexibility index (Phi) is 6.17. The molecule has 0 bridgehead atoms. The van der Waals surface area contributed by atoms with Crippen molar-refractivity contribution in [3.63, 3.8) is 0 Å². The molecule has 0 aromatic heterocycles. The average Bonchev–Trinajstić information content (AvgIpc) is 2.15. The second-order valence-electron chi connectivity index (χ2n) is 4.50. The summed E-state index contributed by atoms with van der Waals surface area (Å²) in [7, 11) is 0. The second-order valence-corrected chi connectivity index (χ2v) is 6.44. The predicted octanol–water partition coefficient (Wildman–Crippen LogP) is 5.69. The van der Waals surface area contributed by atoms with Crippen molar-refractivity contribution >= 4 is 39.1 Å². The Bertz CT molecular complexity index is 337. The van der Waals surface area contributed by atoms with E-state index in [4.69, 9.17) is 23.2 Å². The minimum absolute atomic E-state index is 0.250. The Morgan fingerprint density at radius 1 is 1.31 bits per heavy atom. The van der Waals surface area contributed by atoms with E-state index >= 15 is 0 Å². The summed E-state index contributed by atoms with van der Waals surface area (Å²) in [6, 6.07) is 6.01. The van der Waals surface area contributed by atoms with E-state index in [9.17, 15) is 0 Å². The van der Waals surface area contributed by atoms with Gasteiger partial charge < -0.3 is 0 Å². The maximum absolute atomic E-state index is 6.26. The van der Waals surface area contributed by atoms with Crippen molar-refractivity contribution in [2.45, 2.75) is 38.5 Å². The first-order valence-electron chi connectivity index (χ1n) is 5.57. The van der Waals surface area contributed by atoms with Crippen LogP contribution in [0.2, 0.25) is 5.02 Å². The zero-order valence-electron chi connectivity index (χ0n) is 9.64. The van der Waals surface area contributed by atoms with Crippen molar-refractivity contribution in [1.29, 1.82) is 0 Å². The molecule has 3 heteroatoms. The molecule has 0 saturated heterocycles. The Morgan fingerprint density at radius 3 is 2.56 bits per heavy atom. The van der Waals surface area contributed by atoms with Gasteiger partial charge in [-0.1, -0.05) is 47.4 Å². The van der Waals surface area contributed by atoms with Gasteiger partial charge in [0.15, 0.2) is 0 Å². The van der Waals surface area contributed by atoms with Crippen molar-refractivity contribution in [1.82, 2.24) is 0 Å². The van der Waals surface area contributed by atoms with Gasteiger partial charge in [-0.3, -0.25) is 0 Å². The molecule has 0 aliphatic heterocycles. The summed E-state index contributed by atoms with van der Waals surface area (Å²) >= 11 is 15.8. The van der Waals surface area contributed by atoms with Gasteiger partial charge in [-0.2, -0.15) is 0 Å². The van der Waals surface area contributed by atoms with Crippen molar-refractivity contribution in [2.24, 2.45) is 5.92 Å². The van der Waals surface area contributed by atoms with E-state index in [2.05, 4.69) is 35.8 Å². The minimum atomic E-state index is 0.250. The molecule has 1 atom stereocenters. The molecule has 0 aliphatic carbocycles. The monoisotopic (exact) mass is 322 g/mol. The molecule has 16 heavy (non-hydrogen) atoms. The molecule has 1 aromatic carbocycles. The van der Waals surface area contributed by atoms with Gasteiger partial charge in [0.25, 0.3) is 0 Å². The van der Waals surface area contributed by atoms with Gasteiger partial charge in [0.1, 0.15) is 0 Å². The highest BCUT2D eigenvalue weighted by molar-refractivity contribution is 9.10. The Hall–Kier alpha value is 0.280. The van der Waals surface area contributed by atoms with Gasteiger partial charge in [-0.25, -0.2) is 0 Å². The first-order valence-corrected chi connectivity index (χ1v) is 7.17. The highest BCUT2D eigenvalue weighted by Crippen LogP contribution is 2.24. The van der Waals surface area contributed by atoms with E-state index in [-0.39, 0.29) is 5.38 Å². The first-order chi connectivity index (χ1) is 7.49. The van der Waals surface area contributed by atoms with Crippen LogP contribution >= 0.6 is 39.1 Å². The molecule has 90 valence electrons. The second kappa shape index (κ2) is 6.88. The molecule has 0 aliphatic rings. The number of benzene rings is 1. The van der Waals surface area contributed by atoms with E-state index in [0.717, 1.165) is 28.8 Å². The molecule has 0 radical (unpaired) electrons. The highest BCUT2D eigenvalue weighted by Gasteiger charge is 2.09. The molecule has 0 spiro atoms. The zero-order valence-corrected chi connectivity index (χ0v) is 12.7. The summed E-state index contributed by atoms with van der Waals surface area (Å²) in [4.78, 5) is 0. The fraction of sp³-hybridized carbons (Fsp3) is 0.538. The SMILES string of the molecule is CC(C)CC(Cl)CCc1ccc(Br)cc1Cl. The van der Waals surface area contributed by atoms with E-state index in [0.29, 0.717) is 5.92 Å². The van der Waals surface area contributed by atoms with Crippen LogP contribution in [-0.4, -0.2) is 5.38 Å². The Labute approximate surface area is 116 Å². The molecule has 0 fully saturated rings. The molecule has 0 nitrogen and oxygen atoms in total. The van der Waals surface area contributed by atoms with Gasteiger partial charge >= 0.3 is 0 Å². The number of hydrogen-bond donors (Lipinski definition) is 0. The summed E-state index contributed by atoms with van der Waals surface area (Å²) in [5, 5.41) is 1.07. The van der Waals surface area contributed by atoms with Crippen molar-refractivity contribution in [2.75, 3.05) is 0 Å². The third-order valence-corrected chi connectivity index (χ3v) is 3.71. The van der Waals surface area contributed by atoms with Crippen LogP contribution in [0.1, 0.15) is 32.3 Å². The van der Waals surface area contributed by atoms with Crippen LogP contribution in [0.15, 0.2) is 22.7 Å². The van der Waals surface area contributed by atoms with Gasteiger partial charge in [0, 0.05) is 14.9 Å². The lowest BCUT2D eigenvalue weighted by molar-refractivity contribution is 0.544. The predicted molar refractivity (Wildman–Crippen MR) is 76.6 cm³/mol. The lowest BCUT2D eigenvalue weighted by Gasteiger charge is -2.12. The number of aryl methyl sites for hydroxylation is 1. The van der Waals surface area contributed by atoms with E-state index < -0.39 is 0 Å². The summed E-state index contributed by atoms with van der Waals surface area (Å²) in [6.07, 6.45) is 3.00. The molecular weight excluding hydrogens is 307 g/mol. The summed E-state index contributed by atoms with van der Waals surface area (Å²) in [5.74, 6) is 0.655. The van der Waals surface area contributed by atoms with Crippen LogP contribution in [0.4, 0.5) is 0 Å². The molecule has 0 saturated carbocycles. The fourth-order valence-electron chi connectivity index (χ4n) is 1.67. The minimum Gasteiger partial charge on any atom is -0.123 e. The van der Waals surface area contributed by atoms with Crippen LogP contribution in [-0.2, 0) is 6.42 Å². The molecule has 0 N–H and O–H groups in total. The quantitative estimate of drug-likeness (QED) is 0.611. The van der Waals surface area contributed by atoms with Crippen LogP contribution in [0, 0.1) is 5.92 Å². The van der Waals surface area contributed by atoms with Crippen LogP contribution in [0.3, 0.4) is 0 Å².